The molecule has 0 aliphatic heterocycles. The monoisotopic (exact) mass is 210 g/mol. The molecule has 0 radical (unpaired) electrons. The van der Waals surface area contributed by atoms with E-state index in [-0.39, 0.29) is 24.1 Å². The molecule has 1 unspecified atom stereocenters. The van der Waals surface area contributed by atoms with E-state index in [1.807, 2.05) is 6.92 Å². The van der Waals surface area contributed by atoms with Crippen molar-refractivity contribution < 1.29 is 14.3 Å². The normalized spacial score (nSPS) is 21.0. The Morgan fingerprint density at radius 2 is 2.07 bits per heavy atom. The summed E-state index contributed by atoms with van der Waals surface area (Å²) in [6, 6.07) is 0. The molecule has 0 aromatic carbocycles. The van der Waals surface area contributed by atoms with Crippen molar-refractivity contribution in [3.63, 3.8) is 0 Å². The van der Waals surface area contributed by atoms with Crippen LogP contribution in [-0.4, -0.2) is 18.9 Å². The molecule has 15 heavy (non-hydrogen) atoms. The van der Waals surface area contributed by atoms with Crippen LogP contribution in [-0.2, 0) is 14.3 Å². The lowest BCUT2D eigenvalue weighted by Gasteiger charge is -2.06. The van der Waals surface area contributed by atoms with Gasteiger partial charge in [-0.05, 0) is 24.8 Å². The summed E-state index contributed by atoms with van der Waals surface area (Å²) < 4.78 is 4.59. The minimum atomic E-state index is -0.291. The second kappa shape index (κ2) is 5.10. The van der Waals surface area contributed by atoms with Crippen molar-refractivity contribution in [2.75, 3.05) is 7.11 Å². The summed E-state index contributed by atoms with van der Waals surface area (Å²) in [5, 5.41) is 0. The predicted molar refractivity (Wildman–Crippen MR) is 57.4 cm³/mol. The third-order valence-electron chi connectivity index (χ3n) is 3.01. The van der Waals surface area contributed by atoms with E-state index in [1.165, 1.54) is 12.7 Å². The largest absolute Gasteiger partial charge is 0.469 e. The van der Waals surface area contributed by atoms with Crippen LogP contribution >= 0.6 is 0 Å². The highest BCUT2D eigenvalue weighted by Gasteiger charge is 2.32. The van der Waals surface area contributed by atoms with Crippen molar-refractivity contribution in [2.24, 2.45) is 5.92 Å². The SMILES string of the molecule is CCC1=C(CC)C(=O)C(CC(=O)OC)C1. The van der Waals surface area contributed by atoms with Crippen molar-refractivity contribution >= 4 is 11.8 Å². The zero-order chi connectivity index (χ0) is 11.4. The zero-order valence-corrected chi connectivity index (χ0v) is 9.63. The number of allylic oxidation sites excluding steroid dienone is 2. The van der Waals surface area contributed by atoms with Crippen molar-refractivity contribution in [1.82, 2.24) is 0 Å². The molecule has 0 amide bonds. The van der Waals surface area contributed by atoms with Crippen LogP contribution in [0.4, 0.5) is 0 Å². The maximum absolute atomic E-state index is 11.9. The summed E-state index contributed by atoms with van der Waals surface area (Å²) in [7, 11) is 1.36. The molecule has 0 aromatic heterocycles. The lowest BCUT2D eigenvalue weighted by Crippen LogP contribution is -2.15. The van der Waals surface area contributed by atoms with Crippen LogP contribution in [0.2, 0.25) is 0 Å². The van der Waals surface area contributed by atoms with Crippen LogP contribution < -0.4 is 0 Å². The first kappa shape index (κ1) is 12.0. The van der Waals surface area contributed by atoms with Gasteiger partial charge in [-0.2, -0.15) is 0 Å². The predicted octanol–water partition coefficient (Wildman–Crippen LogP) is 2.26. The fourth-order valence-corrected chi connectivity index (χ4v) is 2.17. The van der Waals surface area contributed by atoms with E-state index in [2.05, 4.69) is 11.7 Å². The van der Waals surface area contributed by atoms with Gasteiger partial charge in [-0.1, -0.05) is 19.4 Å². The molecule has 1 aliphatic rings. The highest BCUT2D eigenvalue weighted by Crippen LogP contribution is 2.34. The standard InChI is InChI=1S/C12H18O3/c1-4-8-6-9(7-11(13)15-3)12(14)10(8)5-2/h9H,4-7H2,1-3H3. The number of ketones is 1. The van der Waals surface area contributed by atoms with Crippen LogP contribution in [0.15, 0.2) is 11.1 Å². The summed E-state index contributed by atoms with van der Waals surface area (Å²) in [6.07, 6.45) is 2.65. The van der Waals surface area contributed by atoms with Crippen LogP contribution in [0.1, 0.15) is 39.5 Å². The Labute approximate surface area is 90.5 Å². The third kappa shape index (κ3) is 2.46. The molecule has 0 spiro atoms. The minimum absolute atomic E-state index is 0.153. The minimum Gasteiger partial charge on any atom is -0.469 e. The van der Waals surface area contributed by atoms with Crippen molar-refractivity contribution in [3.8, 4) is 0 Å². The van der Waals surface area contributed by atoms with E-state index in [9.17, 15) is 9.59 Å². The maximum atomic E-state index is 11.9. The van der Waals surface area contributed by atoms with Gasteiger partial charge in [0.15, 0.2) is 5.78 Å². The first-order valence-electron chi connectivity index (χ1n) is 5.45. The van der Waals surface area contributed by atoms with Crippen LogP contribution in [0.3, 0.4) is 0 Å². The Hall–Kier alpha value is -1.12. The first-order chi connectivity index (χ1) is 7.13. The molecule has 0 bridgehead atoms. The molecule has 0 fully saturated rings. The molecule has 0 saturated carbocycles. The Balaban J connectivity index is 2.70. The number of ether oxygens (including phenoxy) is 1. The fourth-order valence-electron chi connectivity index (χ4n) is 2.17. The topological polar surface area (TPSA) is 43.4 Å². The molecular weight excluding hydrogens is 192 g/mol. The fraction of sp³-hybridized carbons (Fsp3) is 0.667. The Morgan fingerprint density at radius 1 is 1.40 bits per heavy atom. The van der Waals surface area contributed by atoms with Gasteiger partial charge >= 0.3 is 5.97 Å². The van der Waals surface area contributed by atoms with Gasteiger partial charge in [-0.15, -0.1) is 0 Å². The average Bonchev–Trinajstić information content (AvgIpc) is 2.55. The number of carbonyl (C=O) groups is 2. The number of esters is 1. The van der Waals surface area contributed by atoms with Gasteiger partial charge in [-0.25, -0.2) is 0 Å². The summed E-state index contributed by atoms with van der Waals surface area (Å²) in [4.78, 5) is 23.0. The molecule has 0 N–H and O–H groups in total. The highest BCUT2D eigenvalue weighted by atomic mass is 16.5. The van der Waals surface area contributed by atoms with E-state index in [1.54, 1.807) is 0 Å². The molecule has 1 atom stereocenters. The lowest BCUT2D eigenvalue weighted by atomic mass is 9.99. The maximum Gasteiger partial charge on any atom is 0.306 e. The van der Waals surface area contributed by atoms with Crippen LogP contribution in [0.25, 0.3) is 0 Å². The van der Waals surface area contributed by atoms with E-state index in [0.29, 0.717) is 0 Å². The summed E-state index contributed by atoms with van der Waals surface area (Å²) in [5.74, 6) is -0.303. The first-order valence-corrected chi connectivity index (χ1v) is 5.45. The van der Waals surface area contributed by atoms with Gasteiger partial charge in [0.05, 0.1) is 13.5 Å². The van der Waals surface area contributed by atoms with E-state index in [4.69, 9.17) is 0 Å². The second-order valence-electron chi connectivity index (χ2n) is 3.83. The number of rotatable bonds is 4. The number of methoxy groups -OCH3 is 1. The van der Waals surface area contributed by atoms with Gasteiger partial charge in [0.2, 0.25) is 0 Å². The molecule has 84 valence electrons. The summed E-state index contributed by atoms with van der Waals surface area (Å²) in [6.45, 7) is 4.04. The molecule has 0 saturated heterocycles. The quantitative estimate of drug-likeness (QED) is 0.668. The molecule has 3 heteroatoms. The van der Waals surface area contributed by atoms with Crippen molar-refractivity contribution in [3.05, 3.63) is 11.1 Å². The van der Waals surface area contributed by atoms with E-state index >= 15 is 0 Å². The summed E-state index contributed by atoms with van der Waals surface area (Å²) >= 11 is 0. The van der Waals surface area contributed by atoms with Gasteiger partial charge in [0.25, 0.3) is 0 Å². The molecule has 1 aliphatic carbocycles. The van der Waals surface area contributed by atoms with Gasteiger partial charge in [0, 0.05) is 5.92 Å². The zero-order valence-electron chi connectivity index (χ0n) is 9.63. The molecule has 3 nitrogen and oxygen atoms in total. The smallest absolute Gasteiger partial charge is 0.306 e. The lowest BCUT2D eigenvalue weighted by molar-refractivity contribution is -0.143. The number of carbonyl (C=O) groups excluding carboxylic acids is 2. The van der Waals surface area contributed by atoms with Crippen molar-refractivity contribution in [1.29, 1.82) is 0 Å². The van der Waals surface area contributed by atoms with Crippen molar-refractivity contribution in [2.45, 2.75) is 39.5 Å². The molecule has 0 heterocycles. The number of Topliss-reactive ketones (excluding diaryl/α,β-unsaturated/α-hetero) is 1. The van der Waals surface area contributed by atoms with E-state index < -0.39 is 0 Å². The van der Waals surface area contributed by atoms with Gasteiger partial charge in [0.1, 0.15) is 0 Å². The second-order valence-corrected chi connectivity index (χ2v) is 3.83. The molecule has 0 aromatic rings. The average molecular weight is 210 g/mol. The van der Waals surface area contributed by atoms with E-state index in [0.717, 1.165) is 24.8 Å². The Morgan fingerprint density at radius 3 is 2.47 bits per heavy atom. The Bertz CT molecular complexity index is 302. The van der Waals surface area contributed by atoms with Gasteiger partial charge < -0.3 is 4.74 Å². The highest BCUT2D eigenvalue weighted by molar-refractivity contribution is 6.02. The molecule has 1 rings (SSSR count). The van der Waals surface area contributed by atoms with Gasteiger partial charge in [-0.3, -0.25) is 9.59 Å². The Kier molecular flexibility index (Phi) is 4.06. The van der Waals surface area contributed by atoms with Crippen LogP contribution in [0, 0.1) is 5.92 Å². The van der Waals surface area contributed by atoms with Crippen LogP contribution in [0.5, 0.6) is 0 Å². The number of hydrogen-bond donors (Lipinski definition) is 0. The molecular formula is C12H18O3. The number of hydrogen-bond acceptors (Lipinski definition) is 3. The summed E-state index contributed by atoms with van der Waals surface area (Å²) in [5.41, 5.74) is 2.16. The third-order valence-corrected chi connectivity index (χ3v) is 3.01.